The molecule has 214 valence electrons. The maximum atomic E-state index is 14.5. The van der Waals surface area contributed by atoms with Gasteiger partial charge >= 0.3 is 0 Å². The number of carbonyl (C=O) groups excluding carboxylic acids is 2. The second-order valence-electron chi connectivity index (χ2n) is 10.7. The number of halogens is 2. The number of benzene rings is 3. The Morgan fingerprint density at radius 1 is 0.927 bits per heavy atom. The van der Waals surface area contributed by atoms with Crippen LogP contribution in [0.3, 0.4) is 0 Å². The van der Waals surface area contributed by atoms with E-state index in [1.165, 1.54) is 11.8 Å². The molecule has 2 amide bonds. The van der Waals surface area contributed by atoms with Crippen molar-refractivity contribution in [2.75, 3.05) is 31.1 Å². The molecule has 0 fully saturated rings. The lowest BCUT2D eigenvalue weighted by atomic mass is 10.1. The van der Waals surface area contributed by atoms with Crippen LogP contribution >= 0.6 is 0 Å². The molecule has 0 aliphatic carbocycles. The third kappa shape index (κ3) is 6.97. The van der Waals surface area contributed by atoms with E-state index in [1.54, 1.807) is 4.90 Å². The molecule has 0 radical (unpaired) electrons. The van der Waals surface area contributed by atoms with Crippen LogP contribution in [0.25, 0.3) is 11.0 Å². The second-order valence-corrected chi connectivity index (χ2v) is 10.7. The molecule has 41 heavy (non-hydrogen) atoms. The zero-order valence-corrected chi connectivity index (χ0v) is 23.5. The molecule has 1 aliphatic heterocycles. The lowest BCUT2D eigenvalue weighted by Gasteiger charge is -2.28. The number of fused-ring (bicyclic) bond motifs is 2. The first-order valence-corrected chi connectivity index (χ1v) is 14.0. The largest absolute Gasteiger partial charge is 0.342 e. The van der Waals surface area contributed by atoms with Gasteiger partial charge in [-0.05, 0) is 54.7 Å². The second kappa shape index (κ2) is 12.6. The van der Waals surface area contributed by atoms with Gasteiger partial charge in [-0.15, -0.1) is 0 Å². The van der Waals surface area contributed by atoms with Crippen LogP contribution in [0.4, 0.5) is 14.5 Å². The number of rotatable bonds is 5. The van der Waals surface area contributed by atoms with Gasteiger partial charge in [-0.2, -0.15) is 0 Å². The molecule has 1 N–H and O–H groups in total. The van der Waals surface area contributed by atoms with E-state index in [9.17, 15) is 18.4 Å². The van der Waals surface area contributed by atoms with Gasteiger partial charge in [0, 0.05) is 58.7 Å². The molecule has 0 saturated carbocycles. The Morgan fingerprint density at radius 3 is 2.49 bits per heavy atom. The molecule has 0 unspecified atom stereocenters. The van der Waals surface area contributed by atoms with Crippen LogP contribution in [-0.2, 0) is 29.1 Å². The Morgan fingerprint density at radius 2 is 1.71 bits per heavy atom. The van der Waals surface area contributed by atoms with Gasteiger partial charge in [-0.3, -0.25) is 14.5 Å². The number of H-pyrrole nitrogens is 1. The molecule has 1 aliphatic rings. The summed E-state index contributed by atoms with van der Waals surface area (Å²) in [5.41, 5.74) is 4.69. The van der Waals surface area contributed by atoms with Crippen LogP contribution in [0.1, 0.15) is 42.3 Å². The third-order valence-electron chi connectivity index (χ3n) is 7.59. The van der Waals surface area contributed by atoms with Crippen molar-refractivity contribution >= 4 is 28.5 Å². The first-order chi connectivity index (χ1) is 19.8. The minimum absolute atomic E-state index is 0.0765. The average molecular weight is 560 g/mol. The van der Waals surface area contributed by atoms with Crippen LogP contribution in [0.2, 0.25) is 0 Å². The predicted octanol–water partition coefficient (Wildman–Crippen LogP) is 5.37. The Kier molecular flexibility index (Phi) is 8.73. The molecule has 2 heterocycles. The van der Waals surface area contributed by atoms with Crippen LogP contribution in [0, 0.1) is 18.6 Å². The molecule has 0 atom stereocenters. The van der Waals surface area contributed by atoms with Crippen LogP contribution in [-0.4, -0.2) is 57.8 Å². The molecule has 9 heteroatoms. The van der Waals surface area contributed by atoms with E-state index in [0.29, 0.717) is 56.8 Å². The lowest BCUT2D eigenvalue weighted by molar-refractivity contribution is -0.132. The smallest absolute Gasteiger partial charge is 0.223 e. The summed E-state index contributed by atoms with van der Waals surface area (Å²) in [6.07, 6.45) is 1.43. The minimum atomic E-state index is -1.02. The van der Waals surface area contributed by atoms with Gasteiger partial charge in [-0.1, -0.05) is 36.4 Å². The summed E-state index contributed by atoms with van der Waals surface area (Å²) in [5, 5.41) is 0. The molecular formula is C32H35F2N5O2. The molecular weight excluding hydrogens is 524 g/mol. The van der Waals surface area contributed by atoms with Crippen LogP contribution in [0.15, 0.2) is 60.7 Å². The fourth-order valence-corrected chi connectivity index (χ4v) is 5.48. The van der Waals surface area contributed by atoms with E-state index >= 15 is 0 Å². The van der Waals surface area contributed by atoms with Gasteiger partial charge in [0.15, 0.2) is 11.6 Å². The average Bonchev–Trinajstić information content (AvgIpc) is 3.31. The number of nitrogens with one attached hydrogen (secondary N) is 1. The molecule has 4 aromatic rings. The van der Waals surface area contributed by atoms with Gasteiger partial charge < -0.3 is 14.8 Å². The summed E-state index contributed by atoms with van der Waals surface area (Å²) in [5.74, 6) is -1.52. The Bertz CT molecular complexity index is 1540. The molecule has 3 aromatic carbocycles. The monoisotopic (exact) mass is 559 g/mol. The SMILES string of the molecule is CC(=O)N1CCCN(Cc2ccccc2)CCN(C(=O)CCc2ccc3nc(C)[nH]c3c2)Cc2cc(F)c(F)cc21. The summed E-state index contributed by atoms with van der Waals surface area (Å²) in [4.78, 5) is 39.5. The van der Waals surface area contributed by atoms with Crippen molar-refractivity contribution in [2.24, 2.45) is 0 Å². The summed E-state index contributed by atoms with van der Waals surface area (Å²) < 4.78 is 28.9. The summed E-state index contributed by atoms with van der Waals surface area (Å²) in [6.45, 7) is 6.18. The van der Waals surface area contributed by atoms with Gasteiger partial charge in [0.2, 0.25) is 11.8 Å². The van der Waals surface area contributed by atoms with E-state index in [4.69, 9.17) is 0 Å². The van der Waals surface area contributed by atoms with Crippen molar-refractivity contribution in [3.63, 3.8) is 0 Å². The van der Waals surface area contributed by atoms with Gasteiger partial charge in [-0.25, -0.2) is 13.8 Å². The van der Waals surface area contributed by atoms with Crippen molar-refractivity contribution in [1.82, 2.24) is 19.8 Å². The lowest BCUT2D eigenvalue weighted by Crippen LogP contribution is -2.38. The highest BCUT2D eigenvalue weighted by Gasteiger charge is 2.24. The third-order valence-corrected chi connectivity index (χ3v) is 7.59. The van der Waals surface area contributed by atoms with E-state index in [-0.39, 0.29) is 24.8 Å². The Hall–Kier alpha value is -4.11. The van der Waals surface area contributed by atoms with E-state index < -0.39 is 11.6 Å². The normalized spacial score (nSPS) is 15.0. The first-order valence-electron chi connectivity index (χ1n) is 14.0. The molecule has 7 nitrogen and oxygen atoms in total. The highest BCUT2D eigenvalue weighted by atomic mass is 19.2. The van der Waals surface area contributed by atoms with Gasteiger partial charge in [0.05, 0.1) is 16.7 Å². The quantitative estimate of drug-likeness (QED) is 0.357. The van der Waals surface area contributed by atoms with E-state index in [1.807, 2.05) is 43.3 Å². The van der Waals surface area contributed by atoms with E-state index in [2.05, 4.69) is 27.0 Å². The molecule has 1 aromatic heterocycles. The highest BCUT2D eigenvalue weighted by molar-refractivity contribution is 5.92. The number of aryl methyl sites for hydroxylation is 2. The zero-order valence-electron chi connectivity index (χ0n) is 23.5. The minimum Gasteiger partial charge on any atom is -0.342 e. The first kappa shape index (κ1) is 28.4. The fraction of sp³-hybridized carbons (Fsp3) is 0.344. The van der Waals surface area contributed by atoms with Crippen LogP contribution in [0.5, 0.6) is 0 Å². The number of anilines is 1. The van der Waals surface area contributed by atoms with Crippen molar-refractivity contribution < 1.29 is 18.4 Å². The van der Waals surface area contributed by atoms with Crippen molar-refractivity contribution in [1.29, 1.82) is 0 Å². The predicted molar refractivity (Wildman–Crippen MR) is 155 cm³/mol. The maximum absolute atomic E-state index is 14.5. The van der Waals surface area contributed by atoms with E-state index in [0.717, 1.165) is 40.1 Å². The molecule has 0 spiro atoms. The molecule has 5 rings (SSSR count). The Balaban J connectivity index is 1.41. The fourth-order valence-electron chi connectivity index (χ4n) is 5.48. The number of amides is 2. The molecule has 0 bridgehead atoms. The number of aromatic amines is 1. The number of hydrogen-bond donors (Lipinski definition) is 1. The highest BCUT2D eigenvalue weighted by Crippen LogP contribution is 2.27. The standard InChI is InChI=1S/C32H35F2N5O2/c1-22-35-29-11-9-24(17-30(29)36-22)10-12-32(41)38-16-15-37(20-25-7-4-3-5-8-25)13-6-14-39(23(2)40)31-19-28(34)27(33)18-26(31)21-38/h3-5,7-9,11,17-19H,6,10,12-16,20-21H2,1-2H3,(H,35,36). The number of nitrogens with zero attached hydrogens (tertiary/aromatic N) is 4. The van der Waals surface area contributed by atoms with Gasteiger partial charge in [0.1, 0.15) is 5.82 Å². The van der Waals surface area contributed by atoms with Gasteiger partial charge in [0.25, 0.3) is 0 Å². The van der Waals surface area contributed by atoms with Crippen LogP contribution < -0.4 is 4.90 Å². The van der Waals surface area contributed by atoms with Crippen molar-refractivity contribution in [2.45, 2.75) is 46.2 Å². The number of carbonyl (C=O) groups is 2. The van der Waals surface area contributed by atoms with Crippen molar-refractivity contribution in [3.8, 4) is 0 Å². The number of imidazole rings is 1. The summed E-state index contributed by atoms with van der Waals surface area (Å²) in [6, 6.07) is 18.2. The topological polar surface area (TPSA) is 72.5 Å². The summed E-state index contributed by atoms with van der Waals surface area (Å²) >= 11 is 0. The number of hydrogen-bond acceptors (Lipinski definition) is 4. The maximum Gasteiger partial charge on any atom is 0.223 e. The number of aromatic nitrogens is 2. The molecule has 0 saturated heterocycles. The summed E-state index contributed by atoms with van der Waals surface area (Å²) in [7, 11) is 0. The van der Waals surface area contributed by atoms with Crippen molar-refractivity contribution in [3.05, 3.63) is 94.8 Å². The zero-order chi connectivity index (χ0) is 28.9. The Labute approximate surface area is 238 Å².